The van der Waals surface area contributed by atoms with Crippen LogP contribution in [0.2, 0.25) is 0 Å². The van der Waals surface area contributed by atoms with Crippen LogP contribution in [0, 0.1) is 5.82 Å². The molecule has 20 heavy (non-hydrogen) atoms. The van der Waals surface area contributed by atoms with Gasteiger partial charge >= 0.3 is 0 Å². The van der Waals surface area contributed by atoms with Gasteiger partial charge in [-0.25, -0.2) is 9.37 Å². The van der Waals surface area contributed by atoms with Crippen LogP contribution in [0.5, 0.6) is 0 Å². The summed E-state index contributed by atoms with van der Waals surface area (Å²) in [4.78, 5) is 15.6. The van der Waals surface area contributed by atoms with Crippen molar-refractivity contribution in [3.63, 3.8) is 0 Å². The zero-order valence-corrected chi connectivity index (χ0v) is 12.0. The standard InChI is InChI=1S/C14H15FN2O2S/c1-9(2)17-13(18)8-20-14-16-7-12(19-14)10-3-5-11(15)6-4-10/h3-7,9H,8H2,1-2H3,(H,17,18). The van der Waals surface area contributed by atoms with Crippen LogP contribution in [0.3, 0.4) is 0 Å². The van der Waals surface area contributed by atoms with Crippen LogP contribution in [0.25, 0.3) is 11.3 Å². The van der Waals surface area contributed by atoms with E-state index in [0.717, 1.165) is 5.56 Å². The molecule has 0 fully saturated rings. The summed E-state index contributed by atoms with van der Waals surface area (Å²) in [6.07, 6.45) is 1.57. The molecule has 0 saturated carbocycles. The number of oxazole rings is 1. The largest absolute Gasteiger partial charge is 0.431 e. The van der Waals surface area contributed by atoms with Gasteiger partial charge in [0.25, 0.3) is 5.22 Å². The highest BCUT2D eigenvalue weighted by atomic mass is 32.2. The molecular weight excluding hydrogens is 279 g/mol. The highest BCUT2D eigenvalue weighted by molar-refractivity contribution is 7.99. The van der Waals surface area contributed by atoms with E-state index in [0.29, 0.717) is 11.0 Å². The summed E-state index contributed by atoms with van der Waals surface area (Å²) in [6, 6.07) is 6.08. The SMILES string of the molecule is CC(C)NC(=O)CSc1ncc(-c2ccc(F)cc2)o1. The van der Waals surface area contributed by atoms with Crippen LogP contribution in [0.1, 0.15) is 13.8 Å². The Balaban J connectivity index is 1.95. The summed E-state index contributed by atoms with van der Waals surface area (Å²) < 4.78 is 18.3. The molecule has 0 saturated heterocycles. The molecule has 2 aromatic rings. The number of benzene rings is 1. The molecule has 0 bridgehead atoms. The van der Waals surface area contributed by atoms with E-state index in [4.69, 9.17) is 4.42 Å². The zero-order chi connectivity index (χ0) is 14.5. The monoisotopic (exact) mass is 294 g/mol. The minimum absolute atomic E-state index is 0.0634. The minimum atomic E-state index is -0.298. The van der Waals surface area contributed by atoms with Crippen LogP contribution in [-0.4, -0.2) is 22.7 Å². The van der Waals surface area contributed by atoms with Crippen LogP contribution in [0.15, 0.2) is 40.1 Å². The maximum atomic E-state index is 12.8. The Bertz CT molecular complexity index is 581. The second-order valence-electron chi connectivity index (χ2n) is 4.51. The molecule has 1 amide bonds. The van der Waals surface area contributed by atoms with Crippen molar-refractivity contribution in [1.82, 2.24) is 10.3 Å². The second kappa shape index (κ2) is 6.56. The third kappa shape index (κ3) is 4.09. The molecule has 1 aromatic heterocycles. The number of thioether (sulfide) groups is 1. The van der Waals surface area contributed by atoms with Gasteiger partial charge in [-0.05, 0) is 38.1 Å². The highest BCUT2D eigenvalue weighted by Gasteiger charge is 2.10. The number of aromatic nitrogens is 1. The van der Waals surface area contributed by atoms with Gasteiger partial charge in [-0.15, -0.1) is 0 Å². The summed E-state index contributed by atoms with van der Waals surface area (Å²) in [5.41, 5.74) is 0.748. The lowest BCUT2D eigenvalue weighted by Gasteiger charge is -2.06. The molecule has 4 nitrogen and oxygen atoms in total. The predicted molar refractivity (Wildman–Crippen MR) is 75.9 cm³/mol. The Hall–Kier alpha value is -1.82. The highest BCUT2D eigenvalue weighted by Crippen LogP contribution is 2.25. The lowest BCUT2D eigenvalue weighted by atomic mass is 10.2. The zero-order valence-electron chi connectivity index (χ0n) is 11.2. The van der Waals surface area contributed by atoms with Crippen molar-refractivity contribution < 1.29 is 13.6 Å². The van der Waals surface area contributed by atoms with E-state index in [1.807, 2.05) is 13.8 Å². The first-order valence-electron chi connectivity index (χ1n) is 6.18. The molecule has 1 aromatic carbocycles. The molecule has 0 atom stereocenters. The predicted octanol–water partition coefficient (Wildman–Crippen LogP) is 3.10. The number of amides is 1. The third-order valence-electron chi connectivity index (χ3n) is 2.39. The number of nitrogens with zero attached hydrogens (tertiary/aromatic N) is 1. The van der Waals surface area contributed by atoms with E-state index in [-0.39, 0.29) is 23.5 Å². The molecule has 0 spiro atoms. The maximum absolute atomic E-state index is 12.8. The van der Waals surface area contributed by atoms with E-state index in [1.165, 1.54) is 23.9 Å². The second-order valence-corrected chi connectivity index (χ2v) is 5.43. The van der Waals surface area contributed by atoms with Gasteiger partial charge in [0.2, 0.25) is 5.91 Å². The molecule has 106 valence electrons. The third-order valence-corrected chi connectivity index (χ3v) is 3.23. The molecule has 0 aliphatic rings. The van der Waals surface area contributed by atoms with Crippen LogP contribution < -0.4 is 5.32 Å². The van der Waals surface area contributed by atoms with Crippen molar-refractivity contribution in [3.8, 4) is 11.3 Å². The van der Waals surface area contributed by atoms with Gasteiger partial charge in [-0.2, -0.15) is 0 Å². The first-order valence-corrected chi connectivity index (χ1v) is 7.17. The van der Waals surface area contributed by atoms with Crippen LogP contribution in [0.4, 0.5) is 4.39 Å². The number of hydrogen-bond acceptors (Lipinski definition) is 4. The molecule has 0 radical (unpaired) electrons. The van der Waals surface area contributed by atoms with Crippen molar-refractivity contribution in [2.75, 3.05) is 5.75 Å². The summed E-state index contributed by atoms with van der Waals surface area (Å²) >= 11 is 1.23. The fourth-order valence-electron chi connectivity index (χ4n) is 1.56. The van der Waals surface area contributed by atoms with Crippen molar-refractivity contribution >= 4 is 17.7 Å². The Labute approximate surface area is 120 Å². The molecular formula is C14H15FN2O2S. The number of hydrogen-bond donors (Lipinski definition) is 1. The first-order chi connectivity index (χ1) is 9.54. The summed E-state index contributed by atoms with van der Waals surface area (Å²) in [6.45, 7) is 3.81. The fourth-order valence-corrected chi connectivity index (χ4v) is 2.18. The smallest absolute Gasteiger partial charge is 0.256 e. The Morgan fingerprint density at radius 1 is 1.40 bits per heavy atom. The van der Waals surface area contributed by atoms with E-state index in [1.54, 1.807) is 18.3 Å². The van der Waals surface area contributed by atoms with Gasteiger partial charge in [0.1, 0.15) is 5.82 Å². The van der Waals surface area contributed by atoms with Gasteiger partial charge < -0.3 is 9.73 Å². The molecule has 1 heterocycles. The van der Waals surface area contributed by atoms with Gasteiger partial charge in [0.05, 0.1) is 11.9 Å². The molecule has 0 aliphatic carbocycles. The van der Waals surface area contributed by atoms with Crippen molar-refractivity contribution in [2.45, 2.75) is 25.1 Å². The summed E-state index contributed by atoms with van der Waals surface area (Å²) in [5, 5.41) is 3.21. The molecule has 2 rings (SSSR count). The van der Waals surface area contributed by atoms with E-state index in [9.17, 15) is 9.18 Å². The van der Waals surface area contributed by atoms with E-state index >= 15 is 0 Å². The van der Waals surface area contributed by atoms with E-state index < -0.39 is 0 Å². The van der Waals surface area contributed by atoms with Crippen LogP contribution >= 0.6 is 11.8 Å². The van der Waals surface area contributed by atoms with Gasteiger partial charge in [-0.3, -0.25) is 4.79 Å². The summed E-state index contributed by atoms with van der Waals surface area (Å²) in [7, 11) is 0. The number of halogens is 1. The number of carbonyl (C=O) groups is 1. The van der Waals surface area contributed by atoms with Gasteiger partial charge in [0, 0.05) is 11.6 Å². The first kappa shape index (κ1) is 14.6. The average Bonchev–Trinajstić information content (AvgIpc) is 2.85. The van der Waals surface area contributed by atoms with Gasteiger partial charge in [0.15, 0.2) is 5.76 Å². The van der Waals surface area contributed by atoms with Gasteiger partial charge in [-0.1, -0.05) is 11.8 Å². The molecule has 6 heteroatoms. The van der Waals surface area contributed by atoms with Crippen molar-refractivity contribution in [2.24, 2.45) is 0 Å². The average molecular weight is 294 g/mol. The molecule has 0 unspecified atom stereocenters. The fraction of sp³-hybridized carbons (Fsp3) is 0.286. The van der Waals surface area contributed by atoms with Crippen LogP contribution in [-0.2, 0) is 4.79 Å². The minimum Gasteiger partial charge on any atom is -0.431 e. The normalized spacial score (nSPS) is 10.8. The number of carbonyl (C=O) groups excluding carboxylic acids is 1. The van der Waals surface area contributed by atoms with Crippen molar-refractivity contribution in [3.05, 3.63) is 36.3 Å². The van der Waals surface area contributed by atoms with E-state index in [2.05, 4.69) is 10.3 Å². The number of nitrogens with one attached hydrogen (secondary N) is 1. The Morgan fingerprint density at radius 2 is 2.10 bits per heavy atom. The lowest BCUT2D eigenvalue weighted by Crippen LogP contribution is -2.31. The molecule has 1 N–H and O–H groups in total. The quantitative estimate of drug-likeness (QED) is 0.861. The topological polar surface area (TPSA) is 55.1 Å². The Kier molecular flexibility index (Phi) is 4.79. The lowest BCUT2D eigenvalue weighted by molar-refractivity contribution is -0.119. The number of rotatable bonds is 5. The van der Waals surface area contributed by atoms with Crippen molar-refractivity contribution in [1.29, 1.82) is 0 Å². The Morgan fingerprint density at radius 3 is 2.75 bits per heavy atom. The summed E-state index contributed by atoms with van der Waals surface area (Å²) in [5.74, 6) is 0.443. The maximum Gasteiger partial charge on any atom is 0.256 e. The molecule has 0 aliphatic heterocycles.